The lowest BCUT2D eigenvalue weighted by atomic mass is 10.0. The number of nitrogens with one attached hydrogen (secondary N) is 1. The van der Waals surface area contributed by atoms with Gasteiger partial charge < -0.3 is 20.3 Å². The quantitative estimate of drug-likeness (QED) is 0.0320. The highest BCUT2D eigenvalue weighted by Crippen LogP contribution is 2.18. The van der Waals surface area contributed by atoms with E-state index in [4.69, 9.17) is 4.74 Å². The van der Waals surface area contributed by atoms with Crippen LogP contribution in [0.1, 0.15) is 361 Å². The van der Waals surface area contributed by atoms with E-state index in [1.165, 1.54) is 283 Å². The number of hydrogen-bond donors (Lipinski definition) is 3. The first-order valence-corrected chi connectivity index (χ1v) is 32.6. The van der Waals surface area contributed by atoms with Crippen LogP contribution in [0.3, 0.4) is 0 Å². The minimum absolute atomic E-state index is 0.000920. The Bertz CT molecular complexity index is 1120. The van der Waals surface area contributed by atoms with Crippen molar-refractivity contribution in [1.82, 2.24) is 5.32 Å². The van der Waals surface area contributed by atoms with Crippen LogP contribution in [-0.4, -0.2) is 47.4 Å². The molecule has 0 radical (unpaired) electrons. The van der Waals surface area contributed by atoms with Crippen LogP contribution in [0.4, 0.5) is 0 Å². The number of carbonyl (C=O) groups excluding carboxylic acids is 2. The van der Waals surface area contributed by atoms with Crippen LogP contribution in [0.2, 0.25) is 0 Å². The molecule has 0 spiro atoms. The van der Waals surface area contributed by atoms with Gasteiger partial charge in [-0.05, 0) is 70.6 Å². The van der Waals surface area contributed by atoms with E-state index in [-0.39, 0.29) is 18.5 Å². The molecule has 0 saturated carbocycles. The molecule has 0 aliphatic carbocycles. The monoisotopic (exact) mass is 1010 g/mol. The number of carbonyl (C=O) groups is 2. The Kier molecular flexibility index (Phi) is 60.5. The minimum atomic E-state index is -0.669. The maximum Gasteiger partial charge on any atom is 0.305 e. The Morgan fingerprint density at radius 1 is 0.375 bits per heavy atom. The van der Waals surface area contributed by atoms with Crippen molar-refractivity contribution in [2.45, 2.75) is 373 Å². The summed E-state index contributed by atoms with van der Waals surface area (Å²) in [6.45, 7) is 4.94. The summed E-state index contributed by atoms with van der Waals surface area (Å²) in [5, 5.41) is 23.4. The maximum absolute atomic E-state index is 12.5. The number of rotatable bonds is 61. The Hall–Kier alpha value is -1.66. The molecule has 0 heterocycles. The molecule has 1 amide bonds. The van der Waals surface area contributed by atoms with Gasteiger partial charge >= 0.3 is 5.97 Å². The number of esters is 1. The predicted octanol–water partition coefficient (Wildman–Crippen LogP) is 20.6. The Morgan fingerprint density at radius 2 is 0.667 bits per heavy atom. The molecule has 0 fully saturated rings. The van der Waals surface area contributed by atoms with Crippen LogP contribution in [0.25, 0.3) is 0 Å². The summed E-state index contributed by atoms with van der Waals surface area (Å²) in [6.07, 6.45) is 76.3. The van der Waals surface area contributed by atoms with Crippen LogP contribution in [0, 0.1) is 0 Å². The average Bonchev–Trinajstić information content (AvgIpc) is 3.38. The van der Waals surface area contributed by atoms with Gasteiger partial charge in [0.1, 0.15) is 0 Å². The van der Waals surface area contributed by atoms with E-state index in [0.717, 1.165) is 44.9 Å². The van der Waals surface area contributed by atoms with Gasteiger partial charge in [-0.2, -0.15) is 0 Å². The van der Waals surface area contributed by atoms with Gasteiger partial charge in [-0.25, -0.2) is 0 Å². The zero-order valence-electron chi connectivity index (χ0n) is 48.7. The first kappa shape index (κ1) is 70.3. The Balaban J connectivity index is 3.42. The lowest BCUT2D eigenvalue weighted by molar-refractivity contribution is -0.143. The lowest BCUT2D eigenvalue weighted by Gasteiger charge is -2.22. The van der Waals surface area contributed by atoms with Crippen LogP contribution in [0.15, 0.2) is 24.3 Å². The van der Waals surface area contributed by atoms with E-state index in [1.807, 2.05) is 0 Å². The fourth-order valence-electron chi connectivity index (χ4n) is 10.2. The smallest absolute Gasteiger partial charge is 0.305 e. The number of unbranched alkanes of at least 4 members (excludes halogenated alkanes) is 46. The molecule has 6 nitrogen and oxygen atoms in total. The largest absolute Gasteiger partial charge is 0.466 e. The third-order valence-electron chi connectivity index (χ3n) is 15.2. The summed E-state index contributed by atoms with van der Waals surface area (Å²) in [5.41, 5.74) is 0. The molecular weight excluding hydrogens is 887 g/mol. The van der Waals surface area contributed by atoms with Gasteiger partial charge in [0, 0.05) is 12.8 Å². The number of aliphatic hydroxyl groups excluding tert-OH is 2. The van der Waals surface area contributed by atoms with Gasteiger partial charge in [-0.1, -0.05) is 301 Å². The third-order valence-corrected chi connectivity index (χ3v) is 15.2. The first-order chi connectivity index (χ1) is 35.5. The van der Waals surface area contributed by atoms with Gasteiger partial charge in [0.05, 0.1) is 25.4 Å². The molecule has 72 heavy (non-hydrogen) atoms. The van der Waals surface area contributed by atoms with Gasteiger partial charge in [-0.15, -0.1) is 0 Å². The van der Waals surface area contributed by atoms with Crippen LogP contribution in [0.5, 0.6) is 0 Å². The van der Waals surface area contributed by atoms with E-state index in [9.17, 15) is 19.8 Å². The molecule has 2 atom stereocenters. The summed E-state index contributed by atoms with van der Waals surface area (Å²) in [5.74, 6) is -0.0368. The second-order valence-electron chi connectivity index (χ2n) is 22.4. The van der Waals surface area contributed by atoms with Crippen LogP contribution in [-0.2, 0) is 14.3 Å². The highest BCUT2D eigenvalue weighted by Gasteiger charge is 2.20. The van der Waals surface area contributed by atoms with Crippen molar-refractivity contribution in [2.24, 2.45) is 0 Å². The molecule has 0 aromatic rings. The summed E-state index contributed by atoms with van der Waals surface area (Å²) >= 11 is 0. The predicted molar refractivity (Wildman–Crippen MR) is 315 cm³/mol. The molecule has 0 aromatic heterocycles. The van der Waals surface area contributed by atoms with E-state index < -0.39 is 12.1 Å². The van der Waals surface area contributed by atoms with Crippen molar-refractivity contribution >= 4 is 11.9 Å². The Morgan fingerprint density at radius 3 is 1.03 bits per heavy atom. The highest BCUT2D eigenvalue weighted by molar-refractivity contribution is 5.76. The molecular formula is C66H127NO5. The molecule has 0 saturated heterocycles. The number of hydrogen-bond acceptors (Lipinski definition) is 5. The van der Waals surface area contributed by atoms with Crippen molar-refractivity contribution in [3.05, 3.63) is 24.3 Å². The molecule has 0 rings (SSSR count). The normalized spacial score (nSPS) is 12.7. The number of amides is 1. The fraction of sp³-hybridized carbons (Fsp3) is 0.909. The van der Waals surface area contributed by atoms with E-state index in [0.29, 0.717) is 25.9 Å². The van der Waals surface area contributed by atoms with Crippen LogP contribution >= 0.6 is 0 Å². The molecule has 2 unspecified atom stereocenters. The van der Waals surface area contributed by atoms with Crippen molar-refractivity contribution < 1.29 is 24.5 Å². The van der Waals surface area contributed by atoms with Crippen molar-refractivity contribution in [1.29, 1.82) is 0 Å². The van der Waals surface area contributed by atoms with Crippen molar-refractivity contribution in [3.63, 3.8) is 0 Å². The Labute approximate surface area is 450 Å². The molecule has 6 heteroatoms. The minimum Gasteiger partial charge on any atom is -0.466 e. The second-order valence-corrected chi connectivity index (χ2v) is 22.4. The summed E-state index contributed by atoms with van der Waals surface area (Å²) in [4.78, 5) is 24.5. The second kappa shape index (κ2) is 61.9. The number of aliphatic hydroxyl groups is 2. The molecule has 0 aromatic carbocycles. The van der Waals surface area contributed by atoms with Gasteiger partial charge in [0.2, 0.25) is 5.91 Å². The molecule has 0 aliphatic heterocycles. The maximum atomic E-state index is 12.5. The lowest BCUT2D eigenvalue weighted by Crippen LogP contribution is -2.45. The van der Waals surface area contributed by atoms with Gasteiger partial charge in [0.25, 0.3) is 0 Å². The zero-order valence-corrected chi connectivity index (χ0v) is 48.7. The highest BCUT2D eigenvalue weighted by atomic mass is 16.5. The summed E-state index contributed by atoms with van der Waals surface area (Å²) < 4.78 is 5.46. The molecule has 0 aliphatic rings. The van der Waals surface area contributed by atoms with Crippen LogP contribution < -0.4 is 5.32 Å². The van der Waals surface area contributed by atoms with E-state index >= 15 is 0 Å². The molecule has 3 N–H and O–H groups in total. The SMILES string of the molecule is CCCC/C=C\CCCCCCCC(=O)OCCCCCCCCCCCCCC/C=C\CCCCCCCCCC(=O)NC(CO)C(O)CCCCCCCCCCCCCCCCCCCCCCC. The summed E-state index contributed by atoms with van der Waals surface area (Å²) in [7, 11) is 0. The first-order valence-electron chi connectivity index (χ1n) is 32.6. The number of allylic oxidation sites excluding steroid dienone is 4. The van der Waals surface area contributed by atoms with Crippen molar-refractivity contribution in [2.75, 3.05) is 13.2 Å². The average molecular weight is 1010 g/mol. The van der Waals surface area contributed by atoms with E-state index in [1.54, 1.807) is 0 Å². The zero-order chi connectivity index (χ0) is 52.2. The molecule has 0 bridgehead atoms. The van der Waals surface area contributed by atoms with Gasteiger partial charge in [-0.3, -0.25) is 9.59 Å². The van der Waals surface area contributed by atoms with E-state index in [2.05, 4.69) is 43.5 Å². The number of ether oxygens (including phenoxy) is 1. The molecule has 426 valence electrons. The topological polar surface area (TPSA) is 95.9 Å². The summed E-state index contributed by atoms with van der Waals surface area (Å²) in [6, 6.07) is -0.547. The van der Waals surface area contributed by atoms with Gasteiger partial charge in [0.15, 0.2) is 0 Å². The van der Waals surface area contributed by atoms with Crippen molar-refractivity contribution in [3.8, 4) is 0 Å². The fourth-order valence-corrected chi connectivity index (χ4v) is 10.2. The standard InChI is InChI=1S/C66H127NO5/c1-3-5-7-9-11-13-15-16-17-18-19-23-26-29-32-35-39-42-46-50-54-58-64(69)63(62-68)67-65(70)59-55-51-47-43-40-36-33-30-27-24-21-20-22-25-28-31-34-37-41-45-49-53-57-61-72-66(71)60-56-52-48-44-38-14-12-10-8-6-4-2/h10,12,24,27,63-64,68-69H,3-9,11,13-23,25-26,28-62H2,1-2H3,(H,67,70)/b12-10-,27-24-. The third kappa shape index (κ3) is 57.6.